The van der Waals surface area contributed by atoms with Gasteiger partial charge in [-0.3, -0.25) is 0 Å². The second-order valence-electron chi connectivity index (χ2n) is 6.50. The largest absolute Gasteiger partial charge is 0.481 e. The second kappa shape index (κ2) is 10.8. The number of methoxy groups -OCH3 is 1. The first kappa shape index (κ1) is 24.2. The lowest BCUT2D eigenvalue weighted by Crippen LogP contribution is -2.27. The number of aromatic nitrogens is 1. The van der Waals surface area contributed by atoms with E-state index in [1.54, 1.807) is 36.6 Å². The first-order valence-corrected chi connectivity index (χ1v) is 9.42. The van der Waals surface area contributed by atoms with Gasteiger partial charge in [0.05, 0.1) is 7.11 Å². The molecule has 0 radical (unpaired) electrons. The van der Waals surface area contributed by atoms with Crippen molar-refractivity contribution in [1.29, 1.82) is 0 Å². The number of benzene rings is 1. The van der Waals surface area contributed by atoms with Crippen molar-refractivity contribution < 1.29 is 31.4 Å². The summed E-state index contributed by atoms with van der Waals surface area (Å²) < 4.78 is 72.0. The van der Waals surface area contributed by atoms with Crippen LogP contribution in [-0.2, 0) is 0 Å². The van der Waals surface area contributed by atoms with Crippen molar-refractivity contribution in [2.75, 3.05) is 13.7 Å². The van der Waals surface area contributed by atoms with Gasteiger partial charge in [-0.25, -0.2) is 4.98 Å². The zero-order valence-electron chi connectivity index (χ0n) is 17.3. The summed E-state index contributed by atoms with van der Waals surface area (Å²) in [6.07, 6.45) is 2.64. The Kier molecular flexibility index (Phi) is 8.41. The third-order valence-corrected chi connectivity index (χ3v) is 4.26. The molecule has 0 aliphatic heterocycles. The van der Waals surface area contributed by atoms with Crippen molar-refractivity contribution in [3.8, 4) is 22.8 Å². The fourth-order valence-corrected chi connectivity index (χ4v) is 2.86. The number of rotatable bonds is 9. The molecule has 2 aromatic rings. The number of alkyl halides is 5. The van der Waals surface area contributed by atoms with Crippen LogP contribution in [0.1, 0.15) is 24.5 Å². The summed E-state index contributed by atoms with van der Waals surface area (Å²) in [7, 11) is 1.46. The average molecular weight is 442 g/mol. The summed E-state index contributed by atoms with van der Waals surface area (Å²) >= 11 is 0. The van der Waals surface area contributed by atoms with E-state index in [-0.39, 0.29) is 5.75 Å². The molecule has 0 atom stereocenters. The monoisotopic (exact) mass is 442 g/mol. The minimum absolute atomic E-state index is 0.0180. The highest BCUT2D eigenvalue weighted by molar-refractivity contribution is 5.76. The van der Waals surface area contributed by atoms with Gasteiger partial charge in [0.1, 0.15) is 12.3 Å². The average Bonchev–Trinajstić information content (AvgIpc) is 2.70. The molecule has 1 heterocycles. The minimum Gasteiger partial charge on any atom is -0.481 e. The SMILES string of the molecule is CC/C=C(/C=C\c1cnc(OC)c(-c2ccc(OC(F)F)cc2)c1C)NCC(F)(F)F. The van der Waals surface area contributed by atoms with Crippen molar-refractivity contribution in [3.05, 3.63) is 59.4 Å². The quantitative estimate of drug-likeness (QED) is 0.375. The first-order valence-electron chi connectivity index (χ1n) is 9.42. The number of pyridine rings is 1. The lowest BCUT2D eigenvalue weighted by atomic mass is 9.98. The zero-order valence-corrected chi connectivity index (χ0v) is 17.3. The van der Waals surface area contributed by atoms with E-state index in [1.165, 1.54) is 19.2 Å². The molecule has 0 aliphatic rings. The molecule has 9 heteroatoms. The van der Waals surface area contributed by atoms with Crippen LogP contribution in [0.5, 0.6) is 11.6 Å². The Morgan fingerprint density at radius 3 is 2.42 bits per heavy atom. The number of allylic oxidation sites excluding steroid dienone is 2. The van der Waals surface area contributed by atoms with Crippen LogP contribution >= 0.6 is 0 Å². The minimum atomic E-state index is -4.33. The van der Waals surface area contributed by atoms with Crippen LogP contribution in [0.15, 0.2) is 48.3 Å². The van der Waals surface area contributed by atoms with Gasteiger partial charge in [-0.15, -0.1) is 0 Å². The predicted molar refractivity (Wildman–Crippen MR) is 109 cm³/mol. The summed E-state index contributed by atoms with van der Waals surface area (Å²) in [6.45, 7) is -0.423. The molecule has 0 amide bonds. The number of halogens is 5. The summed E-state index contributed by atoms with van der Waals surface area (Å²) in [6, 6.07) is 6.02. The summed E-state index contributed by atoms with van der Waals surface area (Å²) in [4.78, 5) is 4.27. The van der Waals surface area contributed by atoms with Gasteiger partial charge in [-0.2, -0.15) is 22.0 Å². The van der Waals surface area contributed by atoms with E-state index in [9.17, 15) is 22.0 Å². The molecule has 0 saturated carbocycles. The van der Waals surface area contributed by atoms with Gasteiger partial charge in [0, 0.05) is 17.5 Å². The van der Waals surface area contributed by atoms with Gasteiger partial charge in [0.15, 0.2) is 0 Å². The number of hydrogen-bond acceptors (Lipinski definition) is 4. The van der Waals surface area contributed by atoms with Crippen LogP contribution in [0.3, 0.4) is 0 Å². The van der Waals surface area contributed by atoms with Gasteiger partial charge in [-0.05, 0) is 48.2 Å². The molecule has 0 unspecified atom stereocenters. The summed E-state index contributed by atoms with van der Waals surface area (Å²) in [5.41, 5.74) is 3.07. The van der Waals surface area contributed by atoms with Crippen LogP contribution in [-0.4, -0.2) is 31.4 Å². The van der Waals surface area contributed by atoms with Gasteiger partial charge in [-0.1, -0.05) is 31.2 Å². The highest BCUT2D eigenvalue weighted by Gasteiger charge is 2.26. The molecule has 0 aliphatic carbocycles. The van der Waals surface area contributed by atoms with Crippen LogP contribution in [0.25, 0.3) is 17.2 Å². The van der Waals surface area contributed by atoms with Crippen molar-refractivity contribution in [3.63, 3.8) is 0 Å². The van der Waals surface area contributed by atoms with E-state index >= 15 is 0 Å². The predicted octanol–water partition coefficient (Wildman–Crippen LogP) is 6.13. The van der Waals surface area contributed by atoms with Crippen molar-refractivity contribution >= 4 is 6.08 Å². The van der Waals surface area contributed by atoms with E-state index < -0.39 is 19.3 Å². The van der Waals surface area contributed by atoms with Gasteiger partial charge < -0.3 is 14.8 Å². The molecule has 2 rings (SSSR count). The third-order valence-electron chi connectivity index (χ3n) is 4.26. The van der Waals surface area contributed by atoms with Crippen LogP contribution < -0.4 is 14.8 Å². The Labute approximate surface area is 177 Å². The molecule has 0 saturated heterocycles. The topological polar surface area (TPSA) is 43.4 Å². The Balaban J connectivity index is 2.36. The second-order valence-corrected chi connectivity index (χ2v) is 6.50. The van der Waals surface area contributed by atoms with E-state index in [4.69, 9.17) is 4.74 Å². The lowest BCUT2D eigenvalue weighted by molar-refractivity contribution is -0.123. The molecule has 0 bridgehead atoms. The highest BCUT2D eigenvalue weighted by Crippen LogP contribution is 2.34. The number of hydrogen-bond donors (Lipinski definition) is 1. The first-order chi connectivity index (χ1) is 14.6. The van der Waals surface area contributed by atoms with Crippen LogP contribution in [0, 0.1) is 6.92 Å². The molecule has 1 aromatic heterocycles. The van der Waals surface area contributed by atoms with E-state index in [0.717, 1.165) is 5.56 Å². The molecule has 4 nitrogen and oxygen atoms in total. The standard InChI is InChI=1S/C22H23F5N2O2/c1-4-5-17(29-13-22(25,26)27)9-6-16-12-28-20(30-3)19(14(16)2)15-7-10-18(11-8-15)31-21(23)24/h5-12,21,29H,4,13H2,1-3H3/b9-6-,17-5-. The number of nitrogens with one attached hydrogen (secondary N) is 1. The molecule has 31 heavy (non-hydrogen) atoms. The fourth-order valence-electron chi connectivity index (χ4n) is 2.86. The van der Waals surface area contributed by atoms with Crippen molar-refractivity contribution in [2.45, 2.75) is 33.1 Å². The maximum Gasteiger partial charge on any atom is 0.405 e. The summed E-state index contributed by atoms with van der Waals surface area (Å²) in [5.74, 6) is 0.348. The van der Waals surface area contributed by atoms with Crippen molar-refractivity contribution in [2.24, 2.45) is 0 Å². The van der Waals surface area contributed by atoms with E-state index in [1.807, 2.05) is 13.8 Å². The molecule has 1 aromatic carbocycles. The van der Waals surface area contributed by atoms with Crippen LogP contribution in [0.2, 0.25) is 0 Å². The zero-order chi connectivity index (χ0) is 23.0. The maximum atomic E-state index is 12.5. The Hall–Kier alpha value is -3.10. The third kappa shape index (κ3) is 7.27. The van der Waals surface area contributed by atoms with Gasteiger partial charge in [0.2, 0.25) is 5.88 Å². The summed E-state index contributed by atoms with van der Waals surface area (Å²) in [5, 5.41) is 2.37. The molecular weight excluding hydrogens is 419 g/mol. The molecule has 1 N–H and O–H groups in total. The van der Waals surface area contributed by atoms with Crippen molar-refractivity contribution in [1.82, 2.24) is 10.3 Å². The Bertz CT molecular complexity index is 923. The molecule has 168 valence electrons. The lowest BCUT2D eigenvalue weighted by Gasteiger charge is -2.14. The van der Waals surface area contributed by atoms with E-state index in [0.29, 0.717) is 34.7 Å². The Morgan fingerprint density at radius 1 is 1.19 bits per heavy atom. The van der Waals surface area contributed by atoms with Crippen LogP contribution in [0.4, 0.5) is 22.0 Å². The number of nitrogens with zero attached hydrogens (tertiary/aromatic N) is 1. The Morgan fingerprint density at radius 2 is 1.87 bits per heavy atom. The molecular formula is C22H23F5N2O2. The number of ether oxygens (including phenoxy) is 2. The highest BCUT2D eigenvalue weighted by atomic mass is 19.4. The molecule has 0 fully saturated rings. The maximum absolute atomic E-state index is 12.5. The molecule has 0 spiro atoms. The smallest absolute Gasteiger partial charge is 0.405 e. The van der Waals surface area contributed by atoms with Gasteiger partial charge in [0.25, 0.3) is 0 Å². The fraction of sp³-hybridized carbons (Fsp3) is 0.318. The van der Waals surface area contributed by atoms with Gasteiger partial charge >= 0.3 is 12.8 Å². The normalized spacial score (nSPS) is 12.5. The van der Waals surface area contributed by atoms with E-state index in [2.05, 4.69) is 15.0 Å².